The second-order valence-electron chi connectivity index (χ2n) is 3.11. The molecule has 1 aromatic carbocycles. The molecule has 0 aliphatic carbocycles. The number of likely N-dealkylation sites (N-methyl/N-ethyl adjacent to an activating group) is 1. The van der Waals surface area contributed by atoms with Crippen LogP contribution >= 0.6 is 11.6 Å². The Bertz CT molecular complexity index is 370. The number of halogens is 2. The summed E-state index contributed by atoms with van der Waals surface area (Å²) in [6.07, 6.45) is 0. The van der Waals surface area contributed by atoms with Crippen LogP contribution in [0.4, 0.5) is 10.1 Å². The normalized spacial score (nSPS) is 12.0. The van der Waals surface area contributed by atoms with Crippen LogP contribution in [0.5, 0.6) is 0 Å². The van der Waals surface area contributed by atoms with Crippen LogP contribution in [0.25, 0.3) is 0 Å². The van der Waals surface area contributed by atoms with Crippen molar-refractivity contribution >= 4 is 23.2 Å². The smallest absolute Gasteiger partial charge is 0.241 e. The van der Waals surface area contributed by atoms with Gasteiger partial charge in [-0.1, -0.05) is 11.6 Å². The minimum absolute atomic E-state index is 0.0316. The van der Waals surface area contributed by atoms with E-state index in [1.54, 1.807) is 14.0 Å². The largest absolute Gasteiger partial charge is 0.374 e. The monoisotopic (exact) mass is 230 g/mol. The predicted molar refractivity (Wildman–Crippen MR) is 58.6 cm³/mol. The van der Waals surface area contributed by atoms with E-state index in [9.17, 15) is 9.18 Å². The fraction of sp³-hybridized carbons (Fsp3) is 0.300. The van der Waals surface area contributed by atoms with Gasteiger partial charge in [0.15, 0.2) is 0 Å². The van der Waals surface area contributed by atoms with Gasteiger partial charge in [-0.3, -0.25) is 4.79 Å². The van der Waals surface area contributed by atoms with Gasteiger partial charge in [-0.15, -0.1) is 0 Å². The van der Waals surface area contributed by atoms with Crippen LogP contribution in [-0.2, 0) is 4.79 Å². The van der Waals surface area contributed by atoms with Gasteiger partial charge in [-0.05, 0) is 25.1 Å². The van der Waals surface area contributed by atoms with Crippen LogP contribution in [0.2, 0.25) is 5.02 Å². The third kappa shape index (κ3) is 3.09. The molecule has 0 bridgehead atoms. The van der Waals surface area contributed by atoms with Crippen LogP contribution in [0.1, 0.15) is 6.92 Å². The Hall–Kier alpha value is -1.29. The van der Waals surface area contributed by atoms with Gasteiger partial charge >= 0.3 is 0 Å². The van der Waals surface area contributed by atoms with Crippen LogP contribution in [0, 0.1) is 5.82 Å². The maximum Gasteiger partial charge on any atom is 0.241 e. The fourth-order valence-electron chi connectivity index (χ4n) is 1.12. The zero-order valence-corrected chi connectivity index (χ0v) is 9.23. The molecule has 0 aliphatic heterocycles. The molecule has 2 N–H and O–H groups in total. The summed E-state index contributed by atoms with van der Waals surface area (Å²) < 4.78 is 12.8. The van der Waals surface area contributed by atoms with Crippen molar-refractivity contribution in [1.29, 1.82) is 0 Å². The lowest BCUT2D eigenvalue weighted by atomic mass is 10.2. The van der Waals surface area contributed by atoms with Gasteiger partial charge in [0.25, 0.3) is 0 Å². The highest BCUT2D eigenvalue weighted by atomic mass is 35.5. The van der Waals surface area contributed by atoms with Crippen molar-refractivity contribution < 1.29 is 9.18 Å². The number of anilines is 1. The van der Waals surface area contributed by atoms with Gasteiger partial charge in [0.1, 0.15) is 11.9 Å². The Balaban J connectivity index is 2.73. The van der Waals surface area contributed by atoms with Gasteiger partial charge in [0, 0.05) is 12.7 Å². The van der Waals surface area contributed by atoms with E-state index < -0.39 is 11.9 Å². The Morgan fingerprint density at radius 1 is 1.53 bits per heavy atom. The van der Waals surface area contributed by atoms with Crippen molar-refractivity contribution in [3.63, 3.8) is 0 Å². The van der Waals surface area contributed by atoms with Crippen LogP contribution in [-0.4, -0.2) is 19.0 Å². The van der Waals surface area contributed by atoms with E-state index in [0.29, 0.717) is 5.69 Å². The summed E-state index contributed by atoms with van der Waals surface area (Å²) in [7, 11) is 1.55. The first-order valence-electron chi connectivity index (χ1n) is 4.47. The lowest BCUT2D eigenvalue weighted by Gasteiger charge is -2.13. The summed E-state index contributed by atoms with van der Waals surface area (Å²) in [5, 5.41) is 5.43. The number of hydrogen-bond acceptors (Lipinski definition) is 2. The quantitative estimate of drug-likeness (QED) is 0.834. The average molecular weight is 231 g/mol. The van der Waals surface area contributed by atoms with Gasteiger partial charge in [-0.25, -0.2) is 4.39 Å². The van der Waals surface area contributed by atoms with E-state index in [2.05, 4.69) is 10.6 Å². The minimum Gasteiger partial charge on any atom is -0.374 e. The number of rotatable bonds is 3. The zero-order chi connectivity index (χ0) is 11.4. The molecule has 0 aromatic heterocycles. The van der Waals surface area contributed by atoms with Crippen molar-refractivity contribution in [2.45, 2.75) is 13.0 Å². The molecule has 1 aromatic rings. The molecule has 0 heterocycles. The molecule has 1 rings (SSSR count). The Morgan fingerprint density at radius 3 is 2.73 bits per heavy atom. The second-order valence-corrected chi connectivity index (χ2v) is 3.52. The van der Waals surface area contributed by atoms with Crippen LogP contribution < -0.4 is 10.6 Å². The zero-order valence-electron chi connectivity index (χ0n) is 8.47. The SMILES string of the molecule is CNC(=O)C(C)Nc1ccc(F)c(Cl)c1. The number of hydrogen-bond donors (Lipinski definition) is 2. The van der Waals surface area contributed by atoms with E-state index in [-0.39, 0.29) is 10.9 Å². The Kier molecular flexibility index (Phi) is 3.91. The molecular weight excluding hydrogens is 219 g/mol. The van der Waals surface area contributed by atoms with E-state index in [4.69, 9.17) is 11.6 Å². The number of carbonyl (C=O) groups excluding carboxylic acids is 1. The Morgan fingerprint density at radius 2 is 2.20 bits per heavy atom. The molecule has 0 radical (unpaired) electrons. The first kappa shape index (κ1) is 11.8. The highest BCUT2D eigenvalue weighted by Crippen LogP contribution is 2.19. The number of amides is 1. The number of nitrogens with one attached hydrogen (secondary N) is 2. The topological polar surface area (TPSA) is 41.1 Å². The molecule has 5 heteroatoms. The molecule has 3 nitrogen and oxygen atoms in total. The summed E-state index contributed by atoms with van der Waals surface area (Å²) in [4.78, 5) is 11.2. The highest BCUT2D eigenvalue weighted by Gasteiger charge is 2.10. The van der Waals surface area contributed by atoms with E-state index in [0.717, 1.165) is 0 Å². The van der Waals surface area contributed by atoms with Crippen molar-refractivity contribution in [3.8, 4) is 0 Å². The van der Waals surface area contributed by atoms with E-state index in [1.807, 2.05) is 0 Å². The molecule has 1 atom stereocenters. The predicted octanol–water partition coefficient (Wildman–Crippen LogP) is 2.03. The molecule has 82 valence electrons. The molecule has 1 unspecified atom stereocenters. The van der Waals surface area contributed by atoms with Gasteiger partial charge < -0.3 is 10.6 Å². The summed E-state index contributed by atoms with van der Waals surface area (Å²) in [5.41, 5.74) is 0.609. The van der Waals surface area contributed by atoms with E-state index in [1.165, 1.54) is 18.2 Å². The highest BCUT2D eigenvalue weighted by molar-refractivity contribution is 6.31. The Labute approximate surface area is 92.6 Å². The summed E-state index contributed by atoms with van der Waals surface area (Å²) in [6.45, 7) is 1.70. The molecule has 0 fully saturated rings. The van der Waals surface area contributed by atoms with Crippen molar-refractivity contribution in [2.24, 2.45) is 0 Å². The summed E-state index contributed by atoms with van der Waals surface area (Å²) in [5.74, 6) is -0.620. The van der Waals surface area contributed by atoms with Crippen molar-refractivity contribution in [3.05, 3.63) is 29.0 Å². The van der Waals surface area contributed by atoms with Crippen LogP contribution in [0.15, 0.2) is 18.2 Å². The summed E-state index contributed by atoms with van der Waals surface area (Å²) >= 11 is 5.60. The molecule has 0 saturated carbocycles. The summed E-state index contributed by atoms with van der Waals surface area (Å²) in [6, 6.07) is 3.83. The first-order chi connectivity index (χ1) is 7.04. The maximum absolute atomic E-state index is 12.8. The third-order valence-electron chi connectivity index (χ3n) is 1.94. The molecule has 0 saturated heterocycles. The number of carbonyl (C=O) groups is 1. The molecule has 1 amide bonds. The van der Waals surface area contributed by atoms with Crippen LogP contribution in [0.3, 0.4) is 0 Å². The number of benzene rings is 1. The average Bonchev–Trinajstić information content (AvgIpc) is 2.22. The lowest BCUT2D eigenvalue weighted by molar-refractivity contribution is -0.121. The lowest BCUT2D eigenvalue weighted by Crippen LogP contribution is -2.35. The van der Waals surface area contributed by atoms with Gasteiger partial charge in [0.2, 0.25) is 5.91 Å². The standard InChI is InChI=1S/C10H12ClFN2O/c1-6(10(15)13-2)14-7-3-4-9(12)8(11)5-7/h3-6,14H,1-2H3,(H,13,15). The van der Waals surface area contributed by atoms with Crippen molar-refractivity contribution in [2.75, 3.05) is 12.4 Å². The van der Waals surface area contributed by atoms with Gasteiger partial charge in [0.05, 0.1) is 5.02 Å². The second kappa shape index (κ2) is 4.98. The third-order valence-corrected chi connectivity index (χ3v) is 2.23. The first-order valence-corrected chi connectivity index (χ1v) is 4.85. The van der Waals surface area contributed by atoms with Gasteiger partial charge in [-0.2, -0.15) is 0 Å². The molecular formula is C10H12ClFN2O. The molecule has 0 spiro atoms. The van der Waals surface area contributed by atoms with E-state index >= 15 is 0 Å². The van der Waals surface area contributed by atoms with Crippen molar-refractivity contribution in [1.82, 2.24) is 5.32 Å². The fourth-order valence-corrected chi connectivity index (χ4v) is 1.30. The minimum atomic E-state index is -0.477. The molecule has 0 aliphatic rings. The molecule has 15 heavy (non-hydrogen) atoms. The maximum atomic E-state index is 12.8.